The van der Waals surface area contributed by atoms with Crippen molar-refractivity contribution in [3.63, 3.8) is 0 Å². The Balaban J connectivity index is 1.79. The second kappa shape index (κ2) is 6.53. The fourth-order valence-corrected chi connectivity index (χ4v) is 2.85. The number of aryl methyl sites for hydroxylation is 2. The molecule has 19 heavy (non-hydrogen) atoms. The smallest absolute Gasteiger partial charge is 0.0278 e. The van der Waals surface area contributed by atoms with Gasteiger partial charge in [0.1, 0.15) is 0 Å². The molecule has 1 aromatic carbocycles. The molecule has 0 aromatic heterocycles. The predicted molar refractivity (Wildman–Crippen MR) is 82.7 cm³/mol. The highest BCUT2D eigenvalue weighted by molar-refractivity contribution is 5.22. The molecule has 0 bridgehead atoms. The van der Waals surface area contributed by atoms with Gasteiger partial charge in [0.05, 0.1) is 0 Å². The molecule has 2 rings (SSSR count). The van der Waals surface area contributed by atoms with Crippen molar-refractivity contribution in [1.29, 1.82) is 0 Å². The van der Waals surface area contributed by atoms with Gasteiger partial charge in [-0.1, -0.05) is 31.2 Å². The lowest BCUT2D eigenvalue weighted by atomic mass is 9.99. The third-order valence-corrected chi connectivity index (χ3v) is 4.30. The van der Waals surface area contributed by atoms with Crippen LogP contribution in [-0.2, 0) is 12.8 Å². The van der Waals surface area contributed by atoms with Crippen LogP contribution in [0.1, 0.15) is 38.3 Å². The van der Waals surface area contributed by atoms with Crippen LogP contribution in [0.3, 0.4) is 0 Å². The zero-order valence-electron chi connectivity index (χ0n) is 12.7. The van der Waals surface area contributed by atoms with E-state index < -0.39 is 0 Å². The molecule has 1 saturated heterocycles. The van der Waals surface area contributed by atoms with Crippen LogP contribution in [-0.4, -0.2) is 36.6 Å². The van der Waals surface area contributed by atoms with Gasteiger partial charge < -0.3 is 5.32 Å². The normalized spacial score (nSPS) is 19.5. The SMILES string of the molecule is CCc1ccc(CCCN2CCNCC2(C)C)cc1. The molecular formula is C17H28N2. The van der Waals surface area contributed by atoms with Gasteiger partial charge in [-0.25, -0.2) is 0 Å². The minimum absolute atomic E-state index is 0.310. The molecule has 0 amide bonds. The number of nitrogens with zero attached hydrogens (tertiary/aromatic N) is 1. The van der Waals surface area contributed by atoms with Crippen molar-refractivity contribution in [2.24, 2.45) is 0 Å². The van der Waals surface area contributed by atoms with E-state index >= 15 is 0 Å². The van der Waals surface area contributed by atoms with Gasteiger partial charge in [-0.2, -0.15) is 0 Å². The first-order chi connectivity index (χ1) is 9.12. The molecule has 1 N–H and O–H groups in total. The maximum Gasteiger partial charge on any atom is 0.0278 e. The molecule has 0 radical (unpaired) electrons. The third-order valence-electron chi connectivity index (χ3n) is 4.30. The molecule has 0 atom stereocenters. The van der Waals surface area contributed by atoms with Crippen LogP contribution in [0.2, 0.25) is 0 Å². The average Bonchev–Trinajstić information content (AvgIpc) is 2.41. The maximum absolute atomic E-state index is 3.48. The summed E-state index contributed by atoms with van der Waals surface area (Å²) in [5.74, 6) is 0. The number of benzene rings is 1. The van der Waals surface area contributed by atoms with E-state index in [2.05, 4.69) is 55.3 Å². The Morgan fingerprint density at radius 2 is 1.84 bits per heavy atom. The minimum atomic E-state index is 0.310. The molecule has 1 heterocycles. The zero-order chi connectivity index (χ0) is 13.7. The second-order valence-electron chi connectivity index (χ2n) is 6.25. The van der Waals surface area contributed by atoms with Gasteiger partial charge in [0.15, 0.2) is 0 Å². The fourth-order valence-electron chi connectivity index (χ4n) is 2.85. The van der Waals surface area contributed by atoms with Crippen LogP contribution in [0.25, 0.3) is 0 Å². The Kier molecular flexibility index (Phi) is 5.00. The van der Waals surface area contributed by atoms with E-state index in [4.69, 9.17) is 0 Å². The van der Waals surface area contributed by atoms with Crippen molar-refractivity contribution in [3.8, 4) is 0 Å². The standard InChI is InChI=1S/C17H28N2/c1-4-15-7-9-16(10-8-15)6-5-12-19-13-11-18-14-17(19,2)3/h7-10,18H,4-6,11-14H2,1-3H3. The van der Waals surface area contributed by atoms with Crippen molar-refractivity contribution < 1.29 is 0 Å². The molecule has 106 valence electrons. The molecule has 1 fully saturated rings. The highest BCUT2D eigenvalue weighted by Gasteiger charge is 2.28. The molecule has 0 aliphatic carbocycles. The van der Waals surface area contributed by atoms with Crippen molar-refractivity contribution in [3.05, 3.63) is 35.4 Å². The highest BCUT2D eigenvalue weighted by atomic mass is 15.2. The van der Waals surface area contributed by atoms with E-state index in [0.717, 1.165) is 19.5 Å². The number of piperazine rings is 1. The molecule has 2 nitrogen and oxygen atoms in total. The Morgan fingerprint density at radius 1 is 1.16 bits per heavy atom. The largest absolute Gasteiger partial charge is 0.314 e. The lowest BCUT2D eigenvalue weighted by Crippen LogP contribution is -2.58. The van der Waals surface area contributed by atoms with Gasteiger partial charge in [-0.3, -0.25) is 4.90 Å². The van der Waals surface area contributed by atoms with Crippen LogP contribution >= 0.6 is 0 Å². The molecule has 2 heteroatoms. The quantitative estimate of drug-likeness (QED) is 0.876. The van der Waals surface area contributed by atoms with E-state index in [0.29, 0.717) is 5.54 Å². The number of rotatable bonds is 5. The van der Waals surface area contributed by atoms with Crippen LogP contribution in [0.15, 0.2) is 24.3 Å². The first-order valence-corrected chi connectivity index (χ1v) is 7.65. The van der Waals surface area contributed by atoms with E-state index in [9.17, 15) is 0 Å². The van der Waals surface area contributed by atoms with Gasteiger partial charge in [-0.05, 0) is 50.8 Å². The van der Waals surface area contributed by atoms with Gasteiger partial charge in [0.2, 0.25) is 0 Å². The molecule has 0 saturated carbocycles. The van der Waals surface area contributed by atoms with Crippen LogP contribution in [0, 0.1) is 0 Å². The number of hydrogen-bond acceptors (Lipinski definition) is 2. The zero-order valence-corrected chi connectivity index (χ0v) is 12.7. The monoisotopic (exact) mass is 260 g/mol. The van der Waals surface area contributed by atoms with Gasteiger partial charge in [-0.15, -0.1) is 0 Å². The van der Waals surface area contributed by atoms with E-state index in [1.807, 2.05) is 0 Å². The number of nitrogens with one attached hydrogen (secondary N) is 1. The van der Waals surface area contributed by atoms with Gasteiger partial charge in [0, 0.05) is 25.2 Å². The Hall–Kier alpha value is -0.860. The third kappa shape index (κ3) is 4.05. The van der Waals surface area contributed by atoms with E-state index in [1.54, 1.807) is 0 Å². The van der Waals surface area contributed by atoms with Crippen LogP contribution in [0.4, 0.5) is 0 Å². The first-order valence-electron chi connectivity index (χ1n) is 7.65. The number of hydrogen-bond donors (Lipinski definition) is 1. The van der Waals surface area contributed by atoms with E-state index in [-0.39, 0.29) is 0 Å². The van der Waals surface area contributed by atoms with E-state index in [1.165, 1.54) is 37.1 Å². The van der Waals surface area contributed by atoms with Crippen LogP contribution in [0.5, 0.6) is 0 Å². The predicted octanol–water partition coefficient (Wildman–Crippen LogP) is 2.87. The van der Waals surface area contributed by atoms with Crippen molar-refractivity contribution in [1.82, 2.24) is 10.2 Å². The summed E-state index contributed by atoms with van der Waals surface area (Å²) in [7, 11) is 0. The van der Waals surface area contributed by atoms with Crippen molar-refractivity contribution >= 4 is 0 Å². The maximum atomic E-state index is 3.48. The summed E-state index contributed by atoms with van der Waals surface area (Å²) >= 11 is 0. The summed E-state index contributed by atoms with van der Waals surface area (Å²) in [4.78, 5) is 2.63. The lowest BCUT2D eigenvalue weighted by Gasteiger charge is -2.43. The summed E-state index contributed by atoms with van der Waals surface area (Å²) in [6.45, 7) is 11.5. The molecule has 1 aliphatic heterocycles. The summed E-state index contributed by atoms with van der Waals surface area (Å²) < 4.78 is 0. The summed E-state index contributed by atoms with van der Waals surface area (Å²) in [5.41, 5.74) is 3.22. The average molecular weight is 260 g/mol. The van der Waals surface area contributed by atoms with Crippen molar-refractivity contribution in [2.45, 2.75) is 45.6 Å². The Labute approximate surface area is 118 Å². The fraction of sp³-hybridized carbons (Fsp3) is 0.647. The molecule has 0 unspecified atom stereocenters. The van der Waals surface area contributed by atoms with Gasteiger partial charge >= 0.3 is 0 Å². The topological polar surface area (TPSA) is 15.3 Å². The summed E-state index contributed by atoms with van der Waals surface area (Å²) in [5, 5.41) is 3.48. The minimum Gasteiger partial charge on any atom is -0.314 e. The molecule has 1 aromatic rings. The summed E-state index contributed by atoms with van der Waals surface area (Å²) in [6.07, 6.45) is 3.59. The second-order valence-corrected chi connectivity index (χ2v) is 6.25. The summed E-state index contributed by atoms with van der Waals surface area (Å²) in [6, 6.07) is 9.12. The van der Waals surface area contributed by atoms with Crippen molar-refractivity contribution in [2.75, 3.05) is 26.2 Å². The first kappa shape index (κ1) is 14.5. The van der Waals surface area contributed by atoms with Gasteiger partial charge in [0.25, 0.3) is 0 Å². The molecular weight excluding hydrogens is 232 g/mol. The lowest BCUT2D eigenvalue weighted by molar-refractivity contribution is 0.0895. The van der Waals surface area contributed by atoms with Crippen LogP contribution < -0.4 is 5.32 Å². The molecule has 1 aliphatic rings. The highest BCUT2D eigenvalue weighted by Crippen LogP contribution is 2.17. The Bertz CT molecular complexity index is 381. The Morgan fingerprint density at radius 3 is 2.47 bits per heavy atom. The molecule has 0 spiro atoms.